The van der Waals surface area contributed by atoms with Crippen molar-refractivity contribution in [3.63, 3.8) is 0 Å². The second-order valence-electron chi connectivity index (χ2n) is 3.20. The lowest BCUT2D eigenvalue weighted by Crippen LogP contribution is -2.21. The Hall–Kier alpha value is -0.770. The molecule has 0 spiro atoms. The zero-order chi connectivity index (χ0) is 10.7. The summed E-state index contributed by atoms with van der Waals surface area (Å²) < 4.78 is 5.12. The van der Waals surface area contributed by atoms with Crippen molar-refractivity contribution in [2.24, 2.45) is 0 Å². The minimum Gasteiger partial charge on any atom is -0.453 e. The summed E-state index contributed by atoms with van der Waals surface area (Å²) in [5.41, 5.74) is 2.22. The zero-order valence-corrected chi connectivity index (χ0v) is 9.94. The van der Waals surface area contributed by atoms with Gasteiger partial charge in [-0.05, 0) is 46.6 Å². The number of halogens is 1. The van der Waals surface area contributed by atoms with Crippen LogP contribution in [0.2, 0.25) is 5.22 Å². The van der Waals surface area contributed by atoms with Gasteiger partial charge in [0.1, 0.15) is 0 Å². The van der Waals surface area contributed by atoms with E-state index in [0.29, 0.717) is 5.22 Å². The highest BCUT2D eigenvalue weighted by Crippen LogP contribution is 2.30. The highest BCUT2D eigenvalue weighted by Gasteiger charge is 2.18. The molecule has 2 nitrogen and oxygen atoms in total. The number of nitrogens with one attached hydrogen (secondary N) is 1. The van der Waals surface area contributed by atoms with Crippen LogP contribution in [0.5, 0.6) is 0 Å². The molecule has 0 aromatic carbocycles. The lowest BCUT2D eigenvalue weighted by atomic mass is 10.0. The van der Waals surface area contributed by atoms with Crippen molar-refractivity contribution in [3.8, 4) is 0 Å². The first-order valence-corrected chi connectivity index (χ1v) is 6.13. The van der Waals surface area contributed by atoms with Crippen LogP contribution >= 0.6 is 22.9 Å². The fourth-order valence-corrected chi connectivity index (χ4v) is 2.47. The molecule has 0 saturated heterocycles. The van der Waals surface area contributed by atoms with Gasteiger partial charge in [0.25, 0.3) is 0 Å². The van der Waals surface area contributed by atoms with Gasteiger partial charge in [0.15, 0.2) is 5.22 Å². The average molecular weight is 242 g/mol. The molecule has 1 N–H and O–H groups in total. The van der Waals surface area contributed by atoms with Gasteiger partial charge in [0, 0.05) is 5.56 Å². The van der Waals surface area contributed by atoms with Gasteiger partial charge in [-0.3, -0.25) is 0 Å². The van der Waals surface area contributed by atoms with Crippen LogP contribution in [0.1, 0.15) is 24.1 Å². The van der Waals surface area contributed by atoms with Crippen LogP contribution in [-0.4, -0.2) is 6.54 Å². The lowest BCUT2D eigenvalue weighted by molar-refractivity contribution is 0.555. The first kappa shape index (κ1) is 10.7. The summed E-state index contributed by atoms with van der Waals surface area (Å²) in [5.74, 6) is 0. The highest BCUT2D eigenvalue weighted by atomic mass is 35.5. The van der Waals surface area contributed by atoms with Gasteiger partial charge in [-0.25, -0.2) is 0 Å². The molecule has 15 heavy (non-hydrogen) atoms. The number of furan rings is 1. The van der Waals surface area contributed by atoms with Crippen LogP contribution in [-0.2, 0) is 0 Å². The van der Waals surface area contributed by atoms with Crippen LogP contribution in [0.4, 0.5) is 0 Å². The Kier molecular flexibility index (Phi) is 3.46. The molecule has 0 bridgehead atoms. The predicted molar refractivity (Wildman–Crippen MR) is 63.6 cm³/mol. The van der Waals surface area contributed by atoms with E-state index in [1.54, 1.807) is 17.6 Å². The number of hydrogen-bond acceptors (Lipinski definition) is 3. The second-order valence-corrected chi connectivity index (χ2v) is 4.32. The van der Waals surface area contributed by atoms with E-state index < -0.39 is 0 Å². The molecule has 2 heterocycles. The highest BCUT2D eigenvalue weighted by molar-refractivity contribution is 7.08. The van der Waals surface area contributed by atoms with Crippen molar-refractivity contribution in [3.05, 3.63) is 45.5 Å². The van der Waals surface area contributed by atoms with Crippen molar-refractivity contribution in [1.29, 1.82) is 0 Å². The van der Waals surface area contributed by atoms with Crippen molar-refractivity contribution < 1.29 is 4.42 Å². The quantitative estimate of drug-likeness (QED) is 0.883. The number of hydrogen-bond donors (Lipinski definition) is 1. The monoisotopic (exact) mass is 241 g/mol. The molecule has 2 rings (SSSR count). The van der Waals surface area contributed by atoms with Crippen LogP contribution in [0.3, 0.4) is 0 Å². The SMILES string of the molecule is CCNC(c1ccsc1)c1ccoc1Cl. The van der Waals surface area contributed by atoms with E-state index in [9.17, 15) is 0 Å². The fourth-order valence-electron chi connectivity index (χ4n) is 1.56. The Morgan fingerprint density at radius 1 is 1.53 bits per heavy atom. The minimum atomic E-state index is 0.132. The Morgan fingerprint density at radius 2 is 2.40 bits per heavy atom. The molecule has 1 atom stereocenters. The fraction of sp³-hybridized carbons (Fsp3) is 0.273. The Labute approximate surface area is 97.9 Å². The van der Waals surface area contributed by atoms with Crippen LogP contribution in [0.15, 0.2) is 33.6 Å². The number of thiophene rings is 1. The van der Waals surface area contributed by atoms with Crippen molar-refractivity contribution in [1.82, 2.24) is 5.32 Å². The molecule has 2 aromatic rings. The van der Waals surface area contributed by atoms with Gasteiger partial charge in [0.2, 0.25) is 0 Å². The van der Waals surface area contributed by atoms with Gasteiger partial charge >= 0.3 is 0 Å². The molecule has 0 amide bonds. The smallest absolute Gasteiger partial charge is 0.198 e. The molecular weight excluding hydrogens is 230 g/mol. The van der Waals surface area contributed by atoms with E-state index in [4.69, 9.17) is 16.0 Å². The molecule has 0 saturated carbocycles. The van der Waals surface area contributed by atoms with Crippen LogP contribution in [0.25, 0.3) is 0 Å². The van der Waals surface area contributed by atoms with Gasteiger partial charge in [-0.1, -0.05) is 6.92 Å². The van der Waals surface area contributed by atoms with E-state index in [1.807, 2.05) is 6.07 Å². The maximum absolute atomic E-state index is 5.98. The summed E-state index contributed by atoms with van der Waals surface area (Å²) in [5, 5.41) is 8.04. The summed E-state index contributed by atoms with van der Waals surface area (Å²) in [6.45, 7) is 2.97. The molecule has 0 aliphatic heterocycles. The van der Waals surface area contributed by atoms with Gasteiger partial charge in [-0.15, -0.1) is 0 Å². The third-order valence-corrected chi connectivity index (χ3v) is 3.25. The maximum atomic E-state index is 5.98. The van der Waals surface area contributed by atoms with Crippen LogP contribution in [0, 0.1) is 0 Å². The van der Waals surface area contributed by atoms with E-state index in [1.165, 1.54) is 5.56 Å². The lowest BCUT2D eigenvalue weighted by Gasteiger charge is -2.15. The predicted octanol–water partition coefficient (Wildman–Crippen LogP) is 3.69. The maximum Gasteiger partial charge on any atom is 0.198 e. The summed E-state index contributed by atoms with van der Waals surface area (Å²) in [7, 11) is 0. The van der Waals surface area contributed by atoms with Gasteiger partial charge in [0.05, 0.1) is 12.3 Å². The molecule has 2 aromatic heterocycles. The van der Waals surface area contributed by atoms with Gasteiger partial charge in [-0.2, -0.15) is 11.3 Å². The summed E-state index contributed by atoms with van der Waals surface area (Å²) in [6, 6.07) is 4.14. The summed E-state index contributed by atoms with van der Waals surface area (Å²) in [4.78, 5) is 0. The van der Waals surface area contributed by atoms with E-state index >= 15 is 0 Å². The number of rotatable bonds is 4. The van der Waals surface area contributed by atoms with Crippen molar-refractivity contribution >= 4 is 22.9 Å². The zero-order valence-electron chi connectivity index (χ0n) is 8.37. The standard InChI is InChI=1S/C11H12ClNOS/c1-2-13-10(8-4-6-15-7-8)9-3-5-14-11(9)12/h3-7,10,13H,2H2,1H3. The molecule has 4 heteroatoms. The average Bonchev–Trinajstić information content (AvgIpc) is 2.85. The van der Waals surface area contributed by atoms with E-state index in [2.05, 4.69) is 29.1 Å². The van der Waals surface area contributed by atoms with Crippen molar-refractivity contribution in [2.45, 2.75) is 13.0 Å². The van der Waals surface area contributed by atoms with Crippen molar-refractivity contribution in [2.75, 3.05) is 6.54 Å². The molecule has 1 unspecified atom stereocenters. The first-order chi connectivity index (χ1) is 7.33. The third-order valence-electron chi connectivity index (χ3n) is 2.24. The summed E-state index contributed by atoms with van der Waals surface area (Å²) >= 11 is 7.67. The van der Waals surface area contributed by atoms with E-state index in [-0.39, 0.29) is 6.04 Å². The Balaban J connectivity index is 2.32. The molecule has 0 aliphatic rings. The summed E-state index contributed by atoms with van der Waals surface area (Å²) in [6.07, 6.45) is 1.62. The van der Waals surface area contributed by atoms with E-state index in [0.717, 1.165) is 12.1 Å². The molecule has 0 aliphatic carbocycles. The topological polar surface area (TPSA) is 25.2 Å². The largest absolute Gasteiger partial charge is 0.453 e. The molecular formula is C11H12ClNOS. The Morgan fingerprint density at radius 3 is 2.93 bits per heavy atom. The van der Waals surface area contributed by atoms with Gasteiger partial charge < -0.3 is 9.73 Å². The third kappa shape index (κ3) is 2.25. The second kappa shape index (κ2) is 4.84. The molecule has 80 valence electrons. The first-order valence-electron chi connectivity index (χ1n) is 4.81. The Bertz CT molecular complexity index is 410. The normalized spacial score (nSPS) is 12.9. The minimum absolute atomic E-state index is 0.132. The van der Waals surface area contributed by atoms with Crippen LogP contribution < -0.4 is 5.32 Å². The molecule has 0 radical (unpaired) electrons. The molecule has 0 fully saturated rings.